The van der Waals surface area contributed by atoms with Gasteiger partial charge >= 0.3 is 6.09 Å². The smallest absolute Gasteiger partial charge is 0.409 e. The first-order valence-corrected chi connectivity index (χ1v) is 10.4. The number of aliphatic hydroxyl groups excluding tert-OH is 1. The van der Waals surface area contributed by atoms with E-state index in [2.05, 4.69) is 0 Å². The highest BCUT2D eigenvalue weighted by Crippen LogP contribution is 2.29. The Labute approximate surface area is 175 Å². The van der Waals surface area contributed by atoms with Crippen LogP contribution in [0, 0.1) is 5.82 Å². The second kappa shape index (κ2) is 9.47. The van der Waals surface area contributed by atoms with Gasteiger partial charge in [-0.15, -0.1) is 0 Å². The van der Waals surface area contributed by atoms with Gasteiger partial charge in [0.25, 0.3) is 0 Å². The van der Waals surface area contributed by atoms with E-state index in [4.69, 9.17) is 9.47 Å². The van der Waals surface area contributed by atoms with Gasteiger partial charge in [0.2, 0.25) is 0 Å². The number of ether oxygens (including phenoxy) is 2. The van der Waals surface area contributed by atoms with Gasteiger partial charge < -0.3 is 29.7 Å². The zero-order valence-corrected chi connectivity index (χ0v) is 17.3. The number of nitrogens with zero attached hydrogens (tertiary/aromatic N) is 2. The number of halogens is 1. The third-order valence-electron chi connectivity index (χ3n) is 5.88. The van der Waals surface area contributed by atoms with Crippen LogP contribution in [0.25, 0.3) is 0 Å². The minimum absolute atomic E-state index is 0.138. The number of β-amino-alcohol motifs (C(OH)–C–C–N with tert-alkyl or cyclic N) is 2. The molecule has 3 N–H and O–H groups in total. The summed E-state index contributed by atoms with van der Waals surface area (Å²) < 4.78 is 23.6. The van der Waals surface area contributed by atoms with E-state index in [1.54, 1.807) is 11.8 Å². The molecule has 30 heavy (non-hydrogen) atoms. The van der Waals surface area contributed by atoms with Crippen molar-refractivity contribution < 1.29 is 34.0 Å². The number of amides is 1. The van der Waals surface area contributed by atoms with Gasteiger partial charge in [-0.05, 0) is 50.5 Å². The van der Waals surface area contributed by atoms with Gasteiger partial charge in [-0.2, -0.15) is 0 Å². The number of carbonyl (C=O) groups excluding carboxylic acids is 1. The summed E-state index contributed by atoms with van der Waals surface area (Å²) in [4.78, 5) is 15.3. The van der Waals surface area contributed by atoms with Crippen molar-refractivity contribution in [3.8, 4) is 5.75 Å². The normalized spacial score (nSPS) is 27.0. The summed E-state index contributed by atoms with van der Waals surface area (Å²) in [5, 5.41) is 32.3. The highest BCUT2D eigenvalue weighted by Gasteiger charge is 2.44. The largest absolute Gasteiger partial charge is 0.490 e. The van der Waals surface area contributed by atoms with Crippen LogP contribution in [0.4, 0.5) is 9.18 Å². The molecule has 0 unspecified atom stereocenters. The van der Waals surface area contributed by atoms with Crippen molar-refractivity contribution >= 4 is 6.09 Å². The van der Waals surface area contributed by atoms with Gasteiger partial charge in [0, 0.05) is 32.7 Å². The lowest BCUT2D eigenvalue weighted by atomic mass is 9.86. The van der Waals surface area contributed by atoms with Crippen molar-refractivity contribution in [2.24, 2.45) is 0 Å². The Balaban J connectivity index is 1.54. The van der Waals surface area contributed by atoms with Gasteiger partial charge in [-0.3, -0.25) is 4.90 Å². The summed E-state index contributed by atoms with van der Waals surface area (Å²) in [5.74, 6) is 0.0197. The number of rotatable bonds is 6. The Morgan fingerprint density at radius 2 is 1.87 bits per heavy atom. The molecule has 2 aliphatic heterocycles. The molecule has 0 aromatic heterocycles. The van der Waals surface area contributed by atoms with Crippen molar-refractivity contribution in [1.29, 1.82) is 0 Å². The van der Waals surface area contributed by atoms with Crippen molar-refractivity contribution in [2.75, 3.05) is 45.9 Å². The number of benzene rings is 1. The minimum atomic E-state index is -1.51. The summed E-state index contributed by atoms with van der Waals surface area (Å²) in [6.45, 7) is 3.73. The highest BCUT2D eigenvalue weighted by atomic mass is 19.1. The molecule has 2 atom stereocenters. The molecule has 0 bridgehead atoms. The molecule has 0 aliphatic carbocycles. The molecule has 1 aromatic carbocycles. The molecule has 3 rings (SSSR count). The van der Waals surface area contributed by atoms with E-state index in [9.17, 15) is 24.5 Å². The van der Waals surface area contributed by atoms with Gasteiger partial charge in [0.05, 0.1) is 18.3 Å². The van der Waals surface area contributed by atoms with Crippen LogP contribution in [0.3, 0.4) is 0 Å². The molecular weight excluding hydrogens is 395 g/mol. The standard InChI is InChI=1S/C21H31FN2O6/c1-2-29-19(26)24-11-8-20(27,9-12-24)13-23-10-7-18(25)21(28,14-23)15-30-17-5-3-16(22)4-6-17/h3-6,18,25,27-28H,2,7-15H2,1H3/t18-,21-/m0/s1. The number of hydrogen-bond acceptors (Lipinski definition) is 7. The van der Waals surface area contributed by atoms with E-state index in [-0.39, 0.29) is 25.1 Å². The van der Waals surface area contributed by atoms with Crippen LogP contribution in [0.2, 0.25) is 0 Å². The predicted octanol–water partition coefficient (Wildman–Crippen LogP) is 0.986. The maximum absolute atomic E-state index is 13.0. The van der Waals surface area contributed by atoms with Crippen LogP contribution in [-0.4, -0.2) is 94.5 Å². The number of hydrogen-bond donors (Lipinski definition) is 3. The molecule has 1 aromatic rings. The first kappa shape index (κ1) is 22.7. The predicted molar refractivity (Wildman–Crippen MR) is 107 cm³/mol. The fourth-order valence-corrected chi connectivity index (χ4v) is 4.06. The molecular formula is C21H31FN2O6. The average molecular weight is 426 g/mol. The molecule has 2 saturated heterocycles. The van der Waals surface area contributed by atoms with E-state index in [0.717, 1.165) is 0 Å². The summed E-state index contributed by atoms with van der Waals surface area (Å²) in [6, 6.07) is 5.46. The summed E-state index contributed by atoms with van der Waals surface area (Å²) in [6.07, 6.45) is -0.165. The molecule has 0 saturated carbocycles. The Kier molecular flexibility index (Phi) is 7.18. The van der Waals surface area contributed by atoms with E-state index >= 15 is 0 Å². The number of aliphatic hydroxyl groups is 3. The number of piperidine rings is 2. The zero-order chi connectivity index (χ0) is 21.8. The summed E-state index contributed by atoms with van der Waals surface area (Å²) in [7, 11) is 0. The second-order valence-electron chi connectivity index (χ2n) is 8.27. The van der Waals surface area contributed by atoms with Crippen LogP contribution in [-0.2, 0) is 4.74 Å². The van der Waals surface area contributed by atoms with E-state index < -0.39 is 17.3 Å². The van der Waals surface area contributed by atoms with Crippen LogP contribution < -0.4 is 4.74 Å². The van der Waals surface area contributed by atoms with Gasteiger partial charge in [0.15, 0.2) is 0 Å². The van der Waals surface area contributed by atoms with Crippen LogP contribution >= 0.6 is 0 Å². The minimum Gasteiger partial charge on any atom is -0.490 e. The quantitative estimate of drug-likeness (QED) is 0.623. The Hall–Kier alpha value is -1.94. The lowest BCUT2D eigenvalue weighted by Crippen LogP contribution is -2.62. The number of carbonyl (C=O) groups is 1. The van der Waals surface area contributed by atoms with Crippen molar-refractivity contribution in [3.05, 3.63) is 30.1 Å². The maximum atomic E-state index is 13.0. The molecule has 168 valence electrons. The zero-order valence-electron chi connectivity index (χ0n) is 17.3. The third-order valence-corrected chi connectivity index (χ3v) is 5.88. The third kappa shape index (κ3) is 5.60. The molecule has 9 heteroatoms. The van der Waals surface area contributed by atoms with Crippen molar-refractivity contribution in [1.82, 2.24) is 9.80 Å². The lowest BCUT2D eigenvalue weighted by molar-refractivity contribution is -0.150. The average Bonchev–Trinajstić information content (AvgIpc) is 2.71. The molecule has 2 aliphatic rings. The number of likely N-dealkylation sites (tertiary alicyclic amines) is 2. The molecule has 0 radical (unpaired) electrons. The molecule has 8 nitrogen and oxygen atoms in total. The molecule has 2 fully saturated rings. The first-order chi connectivity index (χ1) is 14.2. The lowest BCUT2D eigenvalue weighted by Gasteiger charge is -2.46. The maximum Gasteiger partial charge on any atom is 0.409 e. The molecule has 0 spiro atoms. The monoisotopic (exact) mass is 426 g/mol. The Morgan fingerprint density at radius 3 is 2.50 bits per heavy atom. The fourth-order valence-electron chi connectivity index (χ4n) is 4.06. The summed E-state index contributed by atoms with van der Waals surface area (Å²) >= 11 is 0. The van der Waals surface area contributed by atoms with Gasteiger partial charge in [-0.1, -0.05) is 0 Å². The Morgan fingerprint density at radius 1 is 1.20 bits per heavy atom. The topological polar surface area (TPSA) is 103 Å². The van der Waals surface area contributed by atoms with Crippen molar-refractivity contribution in [2.45, 2.75) is 43.5 Å². The van der Waals surface area contributed by atoms with Crippen molar-refractivity contribution in [3.63, 3.8) is 0 Å². The molecule has 2 heterocycles. The fraction of sp³-hybridized carbons (Fsp3) is 0.667. The van der Waals surface area contributed by atoms with E-state index in [1.165, 1.54) is 24.3 Å². The first-order valence-electron chi connectivity index (χ1n) is 10.4. The molecule has 1 amide bonds. The van der Waals surface area contributed by atoms with Crippen LogP contribution in [0.1, 0.15) is 26.2 Å². The van der Waals surface area contributed by atoms with E-state index in [1.807, 2.05) is 4.90 Å². The second-order valence-corrected chi connectivity index (χ2v) is 8.27. The Bertz CT molecular complexity index is 710. The summed E-state index contributed by atoms with van der Waals surface area (Å²) in [5.41, 5.74) is -2.49. The van der Waals surface area contributed by atoms with E-state index in [0.29, 0.717) is 57.8 Å². The SMILES string of the molecule is CCOC(=O)N1CCC(O)(CN2CC[C@H](O)[C@@](O)(COc3ccc(F)cc3)C2)CC1. The van der Waals surface area contributed by atoms with Crippen LogP contribution in [0.15, 0.2) is 24.3 Å². The van der Waals surface area contributed by atoms with Gasteiger partial charge in [0.1, 0.15) is 23.8 Å². The highest BCUT2D eigenvalue weighted by molar-refractivity contribution is 5.67. The van der Waals surface area contributed by atoms with Crippen LogP contribution in [0.5, 0.6) is 5.75 Å². The van der Waals surface area contributed by atoms with Gasteiger partial charge in [-0.25, -0.2) is 9.18 Å².